The highest BCUT2D eigenvalue weighted by molar-refractivity contribution is 9.10. The van der Waals surface area contributed by atoms with E-state index < -0.39 is 6.10 Å². The van der Waals surface area contributed by atoms with Crippen LogP contribution in [-0.4, -0.2) is 30.3 Å². The fourth-order valence-electron chi connectivity index (χ4n) is 3.76. The first-order valence-electron chi connectivity index (χ1n) is 10.1. The molecular weight excluding hydrogens is 419 g/mol. The molecule has 1 heterocycles. The molecule has 1 fully saturated rings. The van der Waals surface area contributed by atoms with Crippen LogP contribution in [0.1, 0.15) is 55.2 Å². The topological polar surface area (TPSA) is 40.5 Å². The molecule has 2 rings (SSSR count). The van der Waals surface area contributed by atoms with Crippen LogP contribution in [-0.2, 0) is 6.42 Å². The lowest BCUT2D eigenvalue weighted by Gasteiger charge is -2.20. The van der Waals surface area contributed by atoms with Gasteiger partial charge in [0.25, 0.3) is 0 Å². The molecule has 5 atom stereocenters. The summed E-state index contributed by atoms with van der Waals surface area (Å²) in [6, 6.07) is 2.14. The minimum Gasteiger partial charge on any atom is -0.393 e. The molecule has 0 aliphatic heterocycles. The first-order valence-corrected chi connectivity index (χ1v) is 11.7. The van der Waals surface area contributed by atoms with Crippen molar-refractivity contribution in [1.29, 1.82) is 0 Å². The lowest BCUT2D eigenvalue weighted by Crippen LogP contribution is -2.18. The minimum atomic E-state index is -0.475. The molecule has 148 valence electrons. The van der Waals surface area contributed by atoms with E-state index in [1.54, 1.807) is 11.3 Å². The lowest BCUT2D eigenvalue weighted by molar-refractivity contribution is 0.125. The second-order valence-corrected chi connectivity index (χ2v) is 9.86. The highest BCUT2D eigenvalue weighted by Crippen LogP contribution is 2.42. The predicted octanol–water partition coefficient (Wildman–Crippen LogP) is 5.76. The van der Waals surface area contributed by atoms with E-state index in [9.17, 15) is 10.2 Å². The van der Waals surface area contributed by atoms with Crippen molar-refractivity contribution in [3.63, 3.8) is 0 Å². The Bertz CT molecular complexity index is 608. The van der Waals surface area contributed by atoms with Gasteiger partial charge in [-0.15, -0.1) is 11.3 Å². The minimum absolute atomic E-state index is 0.0339. The maximum absolute atomic E-state index is 10.4. The zero-order chi connectivity index (χ0) is 19.8. The van der Waals surface area contributed by atoms with Gasteiger partial charge in [-0.2, -0.15) is 0 Å². The third-order valence-corrected chi connectivity index (χ3v) is 7.64. The van der Waals surface area contributed by atoms with Crippen molar-refractivity contribution in [1.82, 2.24) is 0 Å². The zero-order valence-electron chi connectivity index (χ0n) is 16.5. The number of thiophene rings is 1. The van der Waals surface area contributed by atoms with Crippen molar-refractivity contribution < 1.29 is 10.2 Å². The first-order chi connectivity index (χ1) is 12.9. The second-order valence-electron chi connectivity index (χ2n) is 7.67. The Balaban J connectivity index is 1.86. The molecule has 0 amide bonds. The van der Waals surface area contributed by atoms with Gasteiger partial charge in [-0.25, -0.2) is 0 Å². The quantitative estimate of drug-likeness (QED) is 0.270. The molecule has 5 heteroatoms. The van der Waals surface area contributed by atoms with Crippen LogP contribution in [0.2, 0.25) is 5.82 Å². The molecule has 1 aliphatic carbocycles. The van der Waals surface area contributed by atoms with Gasteiger partial charge in [0, 0.05) is 14.2 Å². The number of hydrogen-bond acceptors (Lipinski definition) is 3. The predicted molar refractivity (Wildman–Crippen MR) is 121 cm³/mol. The third kappa shape index (κ3) is 7.19. The number of rotatable bonds is 10. The average molecular weight is 451 g/mol. The molecule has 0 saturated heterocycles. The molecule has 1 aromatic heterocycles. The molecule has 2 N–H and O–H groups in total. The van der Waals surface area contributed by atoms with Gasteiger partial charge >= 0.3 is 0 Å². The Morgan fingerprint density at radius 2 is 2.19 bits per heavy atom. The molecule has 27 heavy (non-hydrogen) atoms. The Kier molecular flexibility index (Phi) is 9.85. The molecule has 1 aromatic rings. The number of hydrogen-bond donors (Lipinski definition) is 2. The monoisotopic (exact) mass is 450 g/mol. The molecule has 2 radical (unpaired) electrons. The van der Waals surface area contributed by atoms with Crippen LogP contribution >= 0.6 is 27.3 Å². The Labute approximate surface area is 178 Å². The highest BCUT2D eigenvalue weighted by Gasteiger charge is 2.37. The van der Waals surface area contributed by atoms with Crippen LogP contribution in [0, 0.1) is 18.8 Å². The van der Waals surface area contributed by atoms with Gasteiger partial charge in [-0.3, -0.25) is 0 Å². The summed E-state index contributed by atoms with van der Waals surface area (Å²) in [5.41, 5.74) is 0. The number of aliphatic hydroxyl groups excluding tert-OH is 2. The SMILES string of the molecule is [B][C@@H]1CC(O)[C@H](C/C=C\CCCC)[C@H]1/C=C/[C@@H](O)CCc1cc(Br)c(C)s1. The summed E-state index contributed by atoms with van der Waals surface area (Å²) in [4.78, 5) is 2.56. The summed E-state index contributed by atoms with van der Waals surface area (Å²) >= 11 is 5.32. The van der Waals surface area contributed by atoms with E-state index in [1.165, 1.54) is 22.6 Å². The third-order valence-electron chi connectivity index (χ3n) is 5.45. The fourth-order valence-corrected chi connectivity index (χ4v) is 5.38. The van der Waals surface area contributed by atoms with Crippen molar-refractivity contribution in [2.45, 2.75) is 76.8 Å². The van der Waals surface area contributed by atoms with Gasteiger partial charge in [0.2, 0.25) is 0 Å². The van der Waals surface area contributed by atoms with Crippen LogP contribution in [0.3, 0.4) is 0 Å². The van der Waals surface area contributed by atoms with Gasteiger partial charge < -0.3 is 10.2 Å². The van der Waals surface area contributed by atoms with Crippen LogP contribution in [0.15, 0.2) is 34.8 Å². The van der Waals surface area contributed by atoms with Gasteiger partial charge in [-0.1, -0.05) is 49.9 Å². The van der Waals surface area contributed by atoms with Crippen LogP contribution in [0.5, 0.6) is 0 Å². The van der Waals surface area contributed by atoms with E-state index in [0.29, 0.717) is 12.8 Å². The molecule has 1 aliphatic rings. The molecule has 2 nitrogen and oxygen atoms in total. The van der Waals surface area contributed by atoms with E-state index >= 15 is 0 Å². The fraction of sp³-hybridized carbons (Fsp3) is 0.636. The van der Waals surface area contributed by atoms with Crippen LogP contribution in [0.25, 0.3) is 0 Å². The smallest absolute Gasteiger partial charge is 0.0724 e. The Morgan fingerprint density at radius 3 is 2.85 bits per heavy atom. The summed E-state index contributed by atoms with van der Waals surface area (Å²) < 4.78 is 1.15. The Hall–Kier alpha value is -0.355. The summed E-state index contributed by atoms with van der Waals surface area (Å²) in [5, 5.41) is 20.7. The van der Waals surface area contributed by atoms with Gasteiger partial charge in [0.15, 0.2) is 0 Å². The van der Waals surface area contributed by atoms with E-state index in [1.807, 2.05) is 12.2 Å². The number of aryl methyl sites for hydroxylation is 2. The van der Waals surface area contributed by atoms with Crippen LogP contribution in [0.4, 0.5) is 0 Å². The van der Waals surface area contributed by atoms with Crippen LogP contribution < -0.4 is 0 Å². The largest absolute Gasteiger partial charge is 0.393 e. The number of allylic oxidation sites excluding steroid dienone is 3. The normalized spacial score (nSPS) is 27.1. The van der Waals surface area contributed by atoms with E-state index in [-0.39, 0.29) is 23.8 Å². The number of aliphatic hydroxyl groups is 2. The van der Waals surface area contributed by atoms with Gasteiger partial charge in [0.1, 0.15) is 0 Å². The van der Waals surface area contributed by atoms with Crippen molar-refractivity contribution in [3.05, 3.63) is 44.6 Å². The lowest BCUT2D eigenvalue weighted by atomic mass is 9.75. The molecule has 0 aromatic carbocycles. The van der Waals surface area contributed by atoms with Gasteiger partial charge in [0.05, 0.1) is 20.1 Å². The van der Waals surface area contributed by atoms with E-state index in [2.05, 4.69) is 48.0 Å². The van der Waals surface area contributed by atoms with Crippen molar-refractivity contribution >= 4 is 35.1 Å². The van der Waals surface area contributed by atoms with Crippen molar-refractivity contribution in [3.8, 4) is 0 Å². The Morgan fingerprint density at radius 1 is 1.41 bits per heavy atom. The maximum Gasteiger partial charge on any atom is 0.0724 e. The zero-order valence-corrected chi connectivity index (χ0v) is 18.9. The summed E-state index contributed by atoms with van der Waals surface area (Å²) in [6.45, 7) is 4.29. The maximum atomic E-state index is 10.4. The molecule has 1 unspecified atom stereocenters. The summed E-state index contributed by atoms with van der Waals surface area (Å²) in [7, 11) is 6.26. The highest BCUT2D eigenvalue weighted by atomic mass is 79.9. The number of unbranched alkanes of at least 4 members (excludes halogenated alkanes) is 2. The van der Waals surface area contributed by atoms with E-state index in [0.717, 1.165) is 23.7 Å². The molecule has 0 bridgehead atoms. The summed E-state index contributed by atoms with van der Waals surface area (Å²) in [6.07, 6.45) is 14.1. The molecule has 0 spiro atoms. The molecule has 1 saturated carbocycles. The summed E-state index contributed by atoms with van der Waals surface area (Å²) in [5.74, 6) is 0.245. The van der Waals surface area contributed by atoms with Crippen molar-refractivity contribution in [2.24, 2.45) is 11.8 Å². The second kappa shape index (κ2) is 11.6. The standard InChI is InChI=1S/C22H32BBrO2S/c1-3-4-5-6-7-8-19-18(20(23)14-22(19)26)12-10-16(25)9-11-17-13-21(24)15(2)27-17/h6-7,10,12-13,16,18-20,22,25-26H,3-5,8-9,11,14H2,1-2H3/b7-6-,12-10+/t16-,18+,19+,20+,22?/m0/s1. The first kappa shape index (κ1) is 22.9. The molecular formula is C22H32BBrO2S. The van der Waals surface area contributed by atoms with E-state index in [4.69, 9.17) is 7.85 Å². The number of halogens is 1. The van der Waals surface area contributed by atoms with Gasteiger partial charge in [-0.05, 0) is 72.9 Å². The van der Waals surface area contributed by atoms with Crippen molar-refractivity contribution in [2.75, 3.05) is 0 Å². The average Bonchev–Trinajstić information content (AvgIpc) is 3.09.